The van der Waals surface area contributed by atoms with E-state index in [4.69, 9.17) is 4.74 Å². The first-order valence-corrected chi connectivity index (χ1v) is 14.3. The first kappa shape index (κ1) is 27.2. The largest absolute Gasteiger partial charge is 0.508 e. The van der Waals surface area contributed by atoms with E-state index in [1.807, 2.05) is 60.7 Å². The van der Waals surface area contributed by atoms with E-state index in [1.54, 1.807) is 18.2 Å². The number of nitrogens with one attached hydrogen (secondary N) is 1. The molecule has 5 aromatic carbocycles. The summed E-state index contributed by atoms with van der Waals surface area (Å²) in [5.74, 6) is 0.639. The summed E-state index contributed by atoms with van der Waals surface area (Å²) in [7, 11) is 0. The number of nitrogens with zero attached hydrogens (tertiary/aromatic N) is 2. The Morgan fingerprint density at radius 2 is 1.43 bits per heavy atom. The van der Waals surface area contributed by atoms with Crippen LogP contribution in [-0.2, 0) is 5.41 Å². The third-order valence-electron chi connectivity index (χ3n) is 7.91. The van der Waals surface area contributed by atoms with Gasteiger partial charge in [0, 0.05) is 39.9 Å². The first-order valence-electron chi connectivity index (χ1n) is 14.3. The molecule has 0 saturated heterocycles. The van der Waals surface area contributed by atoms with Crippen molar-refractivity contribution in [2.24, 2.45) is 0 Å². The van der Waals surface area contributed by atoms with Crippen LogP contribution in [0.5, 0.6) is 23.0 Å². The summed E-state index contributed by atoms with van der Waals surface area (Å²) in [5, 5.41) is 34.1. The quantitative estimate of drug-likeness (QED) is 0.187. The zero-order valence-electron chi connectivity index (χ0n) is 24.4. The van der Waals surface area contributed by atoms with Gasteiger partial charge < -0.3 is 20.3 Å². The summed E-state index contributed by atoms with van der Waals surface area (Å²) in [5.41, 5.74) is 5.99. The molecule has 0 aliphatic heterocycles. The number of carbonyl (C=O) groups excluding carboxylic acids is 1. The van der Waals surface area contributed by atoms with Crippen molar-refractivity contribution < 1.29 is 19.7 Å². The standard InChI is InChI=1S/C37H29N3O4/c1-37(2,3)21-13-15-22(16-14-21)38-28-20-30(44-24-9-5-4-6-10-24)35-33-31(25-11-7-8-12-26(25)36(43)32(28)33)34(39-40-35)27-18-17-23(41)19-29(27)42/h4-20,38,41-42H,1-3H3. The van der Waals surface area contributed by atoms with Gasteiger partial charge in [-0.3, -0.25) is 4.79 Å². The lowest BCUT2D eigenvalue weighted by atomic mass is 9.81. The number of rotatable bonds is 5. The zero-order chi connectivity index (χ0) is 30.6. The highest BCUT2D eigenvalue weighted by Gasteiger charge is 2.33. The van der Waals surface area contributed by atoms with Crippen LogP contribution >= 0.6 is 0 Å². The van der Waals surface area contributed by atoms with Gasteiger partial charge in [-0.15, -0.1) is 10.2 Å². The van der Waals surface area contributed by atoms with Crippen LogP contribution in [0.25, 0.3) is 33.3 Å². The number of phenolic OH excluding ortho intramolecular Hbond substituents is 2. The minimum Gasteiger partial charge on any atom is -0.508 e. The second-order valence-electron chi connectivity index (χ2n) is 11.9. The maximum atomic E-state index is 14.3. The molecule has 0 amide bonds. The van der Waals surface area contributed by atoms with E-state index in [0.717, 1.165) is 5.69 Å². The van der Waals surface area contributed by atoms with E-state index in [9.17, 15) is 15.0 Å². The fourth-order valence-electron chi connectivity index (χ4n) is 5.70. The number of carbonyl (C=O) groups is 1. The van der Waals surface area contributed by atoms with E-state index in [2.05, 4.69) is 48.4 Å². The Hall–Kier alpha value is -5.69. The molecule has 7 rings (SSSR count). The summed E-state index contributed by atoms with van der Waals surface area (Å²) in [6.45, 7) is 6.49. The van der Waals surface area contributed by atoms with Gasteiger partial charge >= 0.3 is 0 Å². The van der Waals surface area contributed by atoms with E-state index in [1.165, 1.54) is 17.7 Å². The maximum Gasteiger partial charge on any atom is 0.196 e. The normalized spacial score (nSPS) is 12.2. The molecular weight excluding hydrogens is 550 g/mol. The van der Waals surface area contributed by atoms with E-state index < -0.39 is 0 Å². The van der Waals surface area contributed by atoms with Crippen LogP contribution in [0.15, 0.2) is 103 Å². The van der Waals surface area contributed by atoms with Gasteiger partial charge in [-0.05, 0) is 52.9 Å². The molecular formula is C37H29N3O4. The Kier molecular flexibility index (Phi) is 6.32. The zero-order valence-corrected chi connectivity index (χ0v) is 24.4. The molecule has 0 saturated carbocycles. The molecule has 7 nitrogen and oxygen atoms in total. The van der Waals surface area contributed by atoms with E-state index in [0.29, 0.717) is 61.6 Å². The minimum atomic E-state index is -0.160. The second-order valence-corrected chi connectivity index (χ2v) is 11.9. The molecule has 7 heteroatoms. The van der Waals surface area contributed by atoms with Gasteiger partial charge in [-0.25, -0.2) is 0 Å². The van der Waals surface area contributed by atoms with Crippen molar-refractivity contribution in [3.05, 3.63) is 120 Å². The average Bonchev–Trinajstić information content (AvgIpc) is 3.01. The molecule has 0 atom stereocenters. The molecule has 0 radical (unpaired) electrons. The van der Waals surface area contributed by atoms with Gasteiger partial charge in [0.05, 0.1) is 11.3 Å². The molecule has 44 heavy (non-hydrogen) atoms. The molecule has 1 aliphatic carbocycles. The lowest BCUT2D eigenvalue weighted by Crippen LogP contribution is -2.15. The topological polar surface area (TPSA) is 105 Å². The number of para-hydroxylation sites is 1. The van der Waals surface area contributed by atoms with Gasteiger partial charge in [0.2, 0.25) is 0 Å². The number of benzene rings is 5. The van der Waals surface area contributed by atoms with Crippen molar-refractivity contribution in [1.82, 2.24) is 10.2 Å². The molecule has 1 aliphatic rings. The van der Waals surface area contributed by atoms with E-state index >= 15 is 0 Å². The molecule has 1 heterocycles. The monoisotopic (exact) mass is 579 g/mol. The van der Waals surface area contributed by atoms with Crippen LogP contribution in [0.1, 0.15) is 42.3 Å². The van der Waals surface area contributed by atoms with Crippen molar-refractivity contribution in [1.29, 1.82) is 0 Å². The molecule has 0 spiro atoms. The van der Waals surface area contributed by atoms with Gasteiger partial charge in [0.1, 0.15) is 28.5 Å². The van der Waals surface area contributed by atoms with Crippen LogP contribution in [0.4, 0.5) is 11.4 Å². The molecule has 0 fully saturated rings. The predicted octanol–water partition coefficient (Wildman–Crippen LogP) is 8.75. The Morgan fingerprint density at radius 1 is 0.727 bits per heavy atom. The number of fused-ring (bicyclic) bond motifs is 2. The van der Waals surface area contributed by atoms with Crippen molar-refractivity contribution in [2.45, 2.75) is 26.2 Å². The summed E-state index contributed by atoms with van der Waals surface area (Å²) in [6.07, 6.45) is 0. The summed E-state index contributed by atoms with van der Waals surface area (Å²) in [6, 6.07) is 31.0. The molecule has 0 bridgehead atoms. The fraction of sp³-hybridized carbons (Fsp3) is 0.108. The van der Waals surface area contributed by atoms with Gasteiger partial charge in [0.25, 0.3) is 0 Å². The third-order valence-corrected chi connectivity index (χ3v) is 7.91. The van der Waals surface area contributed by atoms with Crippen molar-refractivity contribution in [3.63, 3.8) is 0 Å². The van der Waals surface area contributed by atoms with Crippen LogP contribution in [0.3, 0.4) is 0 Å². The smallest absolute Gasteiger partial charge is 0.196 e. The van der Waals surface area contributed by atoms with Gasteiger partial charge in [-0.2, -0.15) is 0 Å². The van der Waals surface area contributed by atoms with Crippen molar-refractivity contribution in [3.8, 4) is 45.4 Å². The number of aromatic nitrogens is 2. The number of ketones is 1. The highest BCUT2D eigenvalue weighted by atomic mass is 16.5. The Balaban J connectivity index is 1.53. The first-order chi connectivity index (χ1) is 21.2. The third kappa shape index (κ3) is 4.59. The summed E-state index contributed by atoms with van der Waals surface area (Å²) < 4.78 is 6.38. The van der Waals surface area contributed by atoms with Gasteiger partial charge in [0.15, 0.2) is 11.5 Å². The van der Waals surface area contributed by atoms with Crippen LogP contribution in [0.2, 0.25) is 0 Å². The Morgan fingerprint density at radius 3 is 2.14 bits per heavy atom. The highest BCUT2D eigenvalue weighted by molar-refractivity contribution is 6.30. The van der Waals surface area contributed by atoms with Crippen LogP contribution in [0, 0.1) is 0 Å². The van der Waals surface area contributed by atoms with Crippen LogP contribution < -0.4 is 10.1 Å². The predicted molar refractivity (Wildman–Crippen MR) is 172 cm³/mol. The lowest BCUT2D eigenvalue weighted by Gasteiger charge is -2.25. The number of aromatic hydroxyl groups is 2. The highest BCUT2D eigenvalue weighted by Crippen LogP contribution is 2.50. The molecule has 216 valence electrons. The average molecular weight is 580 g/mol. The number of anilines is 2. The number of ether oxygens (including phenoxy) is 1. The Labute approximate surface area is 254 Å². The lowest BCUT2D eigenvalue weighted by molar-refractivity contribution is 0.104. The van der Waals surface area contributed by atoms with Crippen molar-refractivity contribution in [2.75, 3.05) is 5.32 Å². The second kappa shape index (κ2) is 10.2. The molecule has 0 unspecified atom stereocenters. The fourth-order valence-corrected chi connectivity index (χ4v) is 5.70. The molecule has 6 aromatic rings. The SMILES string of the molecule is CC(C)(C)c1ccc(Nc2cc(Oc3ccccc3)c3nnc(-c4ccc(O)cc4O)c4c3c2C(=O)c2ccccc2-4)cc1. The number of phenols is 2. The molecule has 3 N–H and O–H groups in total. The van der Waals surface area contributed by atoms with E-state index in [-0.39, 0.29) is 22.7 Å². The summed E-state index contributed by atoms with van der Waals surface area (Å²) >= 11 is 0. The van der Waals surface area contributed by atoms with Crippen molar-refractivity contribution >= 4 is 28.1 Å². The van der Waals surface area contributed by atoms with Crippen LogP contribution in [-0.4, -0.2) is 26.2 Å². The van der Waals surface area contributed by atoms with Gasteiger partial charge in [-0.1, -0.05) is 75.4 Å². The number of hydrogen-bond donors (Lipinski definition) is 3. The molecule has 1 aromatic heterocycles. The number of hydrogen-bond acceptors (Lipinski definition) is 7. The Bertz CT molecular complexity index is 2080. The summed E-state index contributed by atoms with van der Waals surface area (Å²) in [4.78, 5) is 14.3. The minimum absolute atomic E-state index is 0.00635. The maximum absolute atomic E-state index is 14.3.